The van der Waals surface area contributed by atoms with Gasteiger partial charge in [-0.2, -0.15) is 4.98 Å². The van der Waals surface area contributed by atoms with Gasteiger partial charge in [-0.3, -0.25) is 9.47 Å². The van der Waals surface area contributed by atoms with E-state index >= 15 is 4.39 Å². The molecule has 4 aromatic rings. The van der Waals surface area contributed by atoms with E-state index < -0.39 is 11.4 Å². The predicted molar refractivity (Wildman–Crippen MR) is 145 cm³/mol. The summed E-state index contributed by atoms with van der Waals surface area (Å²) in [5.74, 6) is -0.204. The maximum absolute atomic E-state index is 15.1. The normalized spacial score (nSPS) is 19.6. The third-order valence-corrected chi connectivity index (χ3v) is 7.87. The third-order valence-electron chi connectivity index (χ3n) is 7.87. The molecule has 204 valence electrons. The summed E-state index contributed by atoms with van der Waals surface area (Å²) >= 11 is 0. The summed E-state index contributed by atoms with van der Waals surface area (Å²) in [6.07, 6.45) is 4.61. The number of hydrogen-bond donors (Lipinski definition) is 3. The van der Waals surface area contributed by atoms with Gasteiger partial charge in [0.2, 0.25) is 5.95 Å². The van der Waals surface area contributed by atoms with Crippen LogP contribution in [0.15, 0.2) is 42.7 Å². The molecule has 0 bridgehead atoms. The number of fused-ring (bicyclic) bond motifs is 2. The minimum Gasteiger partial charge on any atom is -0.395 e. The molecule has 0 radical (unpaired) electrons. The van der Waals surface area contributed by atoms with Crippen molar-refractivity contribution in [3.63, 3.8) is 0 Å². The molecule has 0 spiro atoms. The second-order valence-electron chi connectivity index (χ2n) is 10.2. The molecule has 1 aliphatic heterocycles. The maximum atomic E-state index is 15.1. The lowest BCUT2D eigenvalue weighted by Crippen LogP contribution is -2.47. The zero-order valence-electron chi connectivity index (χ0n) is 21.7. The lowest BCUT2D eigenvalue weighted by Gasteiger charge is -2.36. The van der Waals surface area contributed by atoms with Gasteiger partial charge in [-0.05, 0) is 49.1 Å². The fourth-order valence-corrected chi connectivity index (χ4v) is 5.55. The molecule has 39 heavy (non-hydrogen) atoms. The average Bonchev–Trinajstić information content (AvgIpc) is 3.46. The van der Waals surface area contributed by atoms with E-state index in [1.807, 2.05) is 17.9 Å². The Hall–Kier alpha value is -3.67. The molecular formula is C28H31F2N7O2. The van der Waals surface area contributed by atoms with Crippen LogP contribution < -0.4 is 10.2 Å². The Bertz CT molecular complexity index is 1520. The monoisotopic (exact) mass is 535 g/mol. The number of hydrogen-bond acceptors (Lipinski definition) is 8. The van der Waals surface area contributed by atoms with Crippen LogP contribution in [0.1, 0.15) is 31.0 Å². The van der Waals surface area contributed by atoms with E-state index in [0.717, 1.165) is 25.1 Å². The highest BCUT2D eigenvalue weighted by Gasteiger charge is 2.37. The number of aliphatic hydroxyl groups excluding tert-OH is 1. The van der Waals surface area contributed by atoms with Gasteiger partial charge in [-0.15, -0.1) is 0 Å². The highest BCUT2D eigenvalue weighted by Crippen LogP contribution is 2.38. The Morgan fingerprint density at radius 1 is 1.05 bits per heavy atom. The second kappa shape index (κ2) is 10.1. The van der Waals surface area contributed by atoms with Crippen molar-refractivity contribution in [1.29, 1.82) is 0 Å². The Labute approximate surface area is 224 Å². The molecule has 4 heterocycles. The van der Waals surface area contributed by atoms with Gasteiger partial charge in [0.1, 0.15) is 17.2 Å². The van der Waals surface area contributed by atoms with Gasteiger partial charge < -0.3 is 20.4 Å². The number of β-amino-alcohol motifs (C(OH)–C–C–N with tert-alkyl or cyclic N) is 1. The van der Waals surface area contributed by atoms with Crippen molar-refractivity contribution in [3.05, 3.63) is 65.6 Å². The molecular weight excluding hydrogens is 504 g/mol. The highest BCUT2D eigenvalue weighted by molar-refractivity contribution is 5.79. The van der Waals surface area contributed by atoms with E-state index in [1.54, 1.807) is 22.8 Å². The second-order valence-corrected chi connectivity index (χ2v) is 10.2. The van der Waals surface area contributed by atoms with Crippen molar-refractivity contribution >= 4 is 28.4 Å². The standard InChI is InChI=1S/C28H31F2N7O2/c1-2-28(39)8-7-18-3-6-24(33-25(18)28)37-17-22(30)20-16-31-27(34-26(20)37)32-19-4-5-23(21(29)15-19)36-11-9-35(10-12-36)13-14-38/h3-6,15-17,38-39H,2,7-14H2,1H3,(H,31,32,34)/t28-/m1/s1. The summed E-state index contributed by atoms with van der Waals surface area (Å²) in [6.45, 7) is 5.55. The van der Waals surface area contributed by atoms with Crippen LogP contribution in [0.3, 0.4) is 0 Å². The van der Waals surface area contributed by atoms with E-state index in [2.05, 4.69) is 20.2 Å². The quantitative estimate of drug-likeness (QED) is 0.331. The Morgan fingerprint density at radius 3 is 2.62 bits per heavy atom. The molecule has 11 heteroatoms. The molecule has 1 fully saturated rings. The first kappa shape index (κ1) is 25.6. The van der Waals surface area contributed by atoms with E-state index in [-0.39, 0.29) is 23.8 Å². The van der Waals surface area contributed by atoms with Gasteiger partial charge in [0.25, 0.3) is 0 Å². The lowest BCUT2D eigenvalue weighted by molar-refractivity contribution is 0.0306. The van der Waals surface area contributed by atoms with Crippen molar-refractivity contribution in [3.8, 4) is 5.82 Å². The number of piperazine rings is 1. The number of halogens is 2. The number of pyridine rings is 1. The molecule has 1 aromatic carbocycles. The molecule has 2 aliphatic rings. The van der Waals surface area contributed by atoms with E-state index in [0.29, 0.717) is 61.0 Å². The van der Waals surface area contributed by atoms with E-state index in [4.69, 9.17) is 10.1 Å². The van der Waals surface area contributed by atoms with Crippen molar-refractivity contribution in [2.45, 2.75) is 31.8 Å². The van der Waals surface area contributed by atoms with Gasteiger partial charge in [-0.25, -0.2) is 18.7 Å². The predicted octanol–water partition coefficient (Wildman–Crippen LogP) is 3.50. The number of nitrogens with one attached hydrogen (secondary N) is 1. The summed E-state index contributed by atoms with van der Waals surface area (Å²) in [5.41, 5.74) is 1.94. The summed E-state index contributed by atoms with van der Waals surface area (Å²) in [4.78, 5) is 17.6. The number of benzene rings is 1. The molecule has 6 rings (SSSR count). The fourth-order valence-electron chi connectivity index (χ4n) is 5.55. The Balaban J connectivity index is 1.26. The van der Waals surface area contributed by atoms with Gasteiger partial charge in [0.05, 0.1) is 23.4 Å². The first-order valence-corrected chi connectivity index (χ1v) is 13.3. The van der Waals surface area contributed by atoms with Crippen molar-refractivity contribution in [2.24, 2.45) is 0 Å². The molecule has 1 saturated heterocycles. The third kappa shape index (κ3) is 4.70. The number of aryl methyl sites for hydroxylation is 1. The summed E-state index contributed by atoms with van der Waals surface area (Å²) in [7, 11) is 0. The van der Waals surface area contributed by atoms with Crippen LogP contribution in [0.4, 0.5) is 26.1 Å². The minimum absolute atomic E-state index is 0.117. The minimum atomic E-state index is -0.988. The van der Waals surface area contributed by atoms with Crippen LogP contribution in [0.25, 0.3) is 16.9 Å². The molecule has 0 saturated carbocycles. The van der Waals surface area contributed by atoms with Crippen LogP contribution >= 0.6 is 0 Å². The van der Waals surface area contributed by atoms with E-state index in [1.165, 1.54) is 18.5 Å². The highest BCUT2D eigenvalue weighted by atomic mass is 19.1. The molecule has 3 aromatic heterocycles. The number of anilines is 3. The molecule has 3 N–H and O–H groups in total. The van der Waals surface area contributed by atoms with Crippen LogP contribution in [0.2, 0.25) is 0 Å². The summed E-state index contributed by atoms with van der Waals surface area (Å²) in [5, 5.41) is 23.4. The van der Waals surface area contributed by atoms with Crippen LogP contribution in [-0.4, -0.2) is 74.0 Å². The number of aromatic nitrogens is 4. The fraction of sp³-hybridized carbons (Fsp3) is 0.393. The van der Waals surface area contributed by atoms with Gasteiger partial charge in [0, 0.05) is 50.8 Å². The number of aliphatic hydroxyl groups is 2. The van der Waals surface area contributed by atoms with Crippen LogP contribution in [0, 0.1) is 11.6 Å². The van der Waals surface area contributed by atoms with Crippen LogP contribution in [0.5, 0.6) is 0 Å². The topological polar surface area (TPSA) is 103 Å². The molecule has 1 aliphatic carbocycles. The van der Waals surface area contributed by atoms with Gasteiger partial charge >= 0.3 is 0 Å². The number of rotatable bonds is 7. The smallest absolute Gasteiger partial charge is 0.229 e. The maximum Gasteiger partial charge on any atom is 0.229 e. The largest absolute Gasteiger partial charge is 0.395 e. The number of nitrogens with zero attached hydrogens (tertiary/aromatic N) is 6. The molecule has 1 atom stereocenters. The van der Waals surface area contributed by atoms with Crippen molar-refractivity contribution in [2.75, 3.05) is 49.5 Å². The summed E-state index contributed by atoms with van der Waals surface area (Å²) in [6, 6.07) is 8.61. The summed E-state index contributed by atoms with van der Waals surface area (Å²) < 4.78 is 31.4. The zero-order valence-corrected chi connectivity index (χ0v) is 21.7. The van der Waals surface area contributed by atoms with Gasteiger partial charge in [-0.1, -0.05) is 13.0 Å². The first-order valence-electron chi connectivity index (χ1n) is 13.3. The van der Waals surface area contributed by atoms with Gasteiger partial charge in [0.15, 0.2) is 11.5 Å². The van der Waals surface area contributed by atoms with Crippen LogP contribution in [-0.2, 0) is 12.0 Å². The molecule has 0 unspecified atom stereocenters. The molecule has 9 nitrogen and oxygen atoms in total. The van der Waals surface area contributed by atoms with E-state index in [9.17, 15) is 9.50 Å². The SMILES string of the molecule is CC[C@@]1(O)CCc2ccc(-n3cc(F)c4cnc(Nc5ccc(N6CCN(CCO)CC6)c(F)c5)nc43)nc21. The lowest BCUT2D eigenvalue weighted by atomic mass is 9.98. The van der Waals surface area contributed by atoms with Crippen molar-refractivity contribution < 1.29 is 19.0 Å². The van der Waals surface area contributed by atoms with Crippen molar-refractivity contribution in [1.82, 2.24) is 24.4 Å². The zero-order chi connectivity index (χ0) is 27.1. The first-order chi connectivity index (χ1) is 18.9. The average molecular weight is 536 g/mol. The Morgan fingerprint density at radius 2 is 1.87 bits per heavy atom. The Kier molecular flexibility index (Phi) is 6.66. The molecule has 0 amide bonds.